The van der Waals surface area contributed by atoms with Crippen LogP contribution in [0.5, 0.6) is 0 Å². The molecule has 0 fully saturated rings. The van der Waals surface area contributed by atoms with E-state index in [2.05, 4.69) is 15.3 Å². The predicted molar refractivity (Wildman–Crippen MR) is 69.4 cm³/mol. The minimum Gasteiger partial charge on any atom is -0.374 e. The van der Waals surface area contributed by atoms with Gasteiger partial charge in [0.1, 0.15) is 17.6 Å². The highest BCUT2D eigenvalue weighted by atomic mass is 35.5. The Morgan fingerprint density at radius 2 is 2.16 bits per heavy atom. The summed E-state index contributed by atoms with van der Waals surface area (Å²) in [5, 5.41) is 2.98. The average Bonchev–Trinajstić information content (AvgIpc) is 2.30. The highest BCUT2D eigenvalue weighted by Crippen LogP contribution is 2.29. The summed E-state index contributed by atoms with van der Waals surface area (Å²) in [6.07, 6.45) is 0. The van der Waals surface area contributed by atoms with E-state index in [4.69, 9.17) is 16.3 Å². The molecule has 0 spiro atoms. The van der Waals surface area contributed by atoms with Crippen LogP contribution in [0.25, 0.3) is 0 Å². The van der Waals surface area contributed by atoms with Gasteiger partial charge in [-0.3, -0.25) is 0 Å². The lowest BCUT2D eigenvalue weighted by Crippen LogP contribution is -2.11. The Bertz CT molecular complexity index is 406. The summed E-state index contributed by atoms with van der Waals surface area (Å²) in [5.74, 6) is 0.670. The first kappa shape index (κ1) is 16.3. The molecule has 0 aliphatic carbocycles. The number of alkyl halides is 3. The van der Waals surface area contributed by atoms with Crippen molar-refractivity contribution < 1.29 is 17.9 Å². The number of ether oxygens (including phenoxy) is 1. The zero-order valence-corrected chi connectivity index (χ0v) is 11.7. The molecule has 9 heteroatoms. The van der Waals surface area contributed by atoms with Gasteiger partial charge in [0.05, 0.1) is 0 Å². The number of thioether (sulfide) groups is 1. The standard InChI is InChI=1S/C10H13ClF3N3OS/c1-2-18-6-9-16-7(11)5-8(17-9)15-3-4-19-10(12,13)14/h5H,2-4,6H2,1H3,(H,15,16,17). The first-order valence-corrected chi connectivity index (χ1v) is 6.83. The van der Waals surface area contributed by atoms with Gasteiger partial charge in [-0.1, -0.05) is 11.6 Å². The lowest BCUT2D eigenvalue weighted by molar-refractivity contribution is -0.0327. The number of anilines is 1. The Balaban J connectivity index is 2.46. The molecule has 1 rings (SSSR count). The van der Waals surface area contributed by atoms with Gasteiger partial charge >= 0.3 is 5.51 Å². The molecular weight excluding hydrogens is 303 g/mol. The van der Waals surface area contributed by atoms with Crippen LogP contribution >= 0.6 is 23.4 Å². The molecule has 108 valence electrons. The number of hydrogen-bond acceptors (Lipinski definition) is 5. The molecule has 0 saturated carbocycles. The van der Waals surface area contributed by atoms with Crippen molar-refractivity contribution in [3.8, 4) is 0 Å². The van der Waals surface area contributed by atoms with E-state index in [0.29, 0.717) is 18.2 Å². The maximum Gasteiger partial charge on any atom is 0.441 e. The molecule has 0 bridgehead atoms. The molecule has 1 N–H and O–H groups in total. The van der Waals surface area contributed by atoms with Crippen LogP contribution in [0.2, 0.25) is 5.15 Å². The summed E-state index contributed by atoms with van der Waals surface area (Å²) in [6.45, 7) is 2.69. The van der Waals surface area contributed by atoms with Crippen molar-refractivity contribution in [1.82, 2.24) is 9.97 Å². The van der Waals surface area contributed by atoms with E-state index < -0.39 is 5.51 Å². The van der Waals surface area contributed by atoms with Gasteiger partial charge in [0.2, 0.25) is 0 Å². The van der Waals surface area contributed by atoms with Gasteiger partial charge in [0.15, 0.2) is 5.82 Å². The summed E-state index contributed by atoms with van der Waals surface area (Å²) < 4.78 is 40.9. The molecule has 0 aliphatic heterocycles. The zero-order chi connectivity index (χ0) is 14.3. The average molecular weight is 316 g/mol. The van der Waals surface area contributed by atoms with Crippen molar-refractivity contribution in [3.05, 3.63) is 17.0 Å². The van der Waals surface area contributed by atoms with Crippen LogP contribution in [0.1, 0.15) is 12.7 Å². The SMILES string of the molecule is CCOCc1nc(Cl)cc(NCCSC(F)(F)F)n1. The normalized spacial score (nSPS) is 11.6. The third kappa shape index (κ3) is 7.44. The van der Waals surface area contributed by atoms with E-state index in [-0.39, 0.29) is 35.8 Å². The molecule has 4 nitrogen and oxygen atoms in total. The summed E-state index contributed by atoms with van der Waals surface area (Å²) in [4.78, 5) is 8.03. The third-order valence-corrected chi connectivity index (χ3v) is 2.78. The first-order valence-electron chi connectivity index (χ1n) is 5.46. The van der Waals surface area contributed by atoms with Crippen molar-refractivity contribution >= 4 is 29.2 Å². The zero-order valence-electron chi connectivity index (χ0n) is 10.1. The Morgan fingerprint density at radius 1 is 1.42 bits per heavy atom. The van der Waals surface area contributed by atoms with Crippen LogP contribution in [0.3, 0.4) is 0 Å². The Morgan fingerprint density at radius 3 is 2.79 bits per heavy atom. The maximum atomic E-state index is 11.9. The second kappa shape index (κ2) is 7.76. The number of aromatic nitrogens is 2. The van der Waals surface area contributed by atoms with E-state index in [1.807, 2.05) is 6.92 Å². The fourth-order valence-corrected chi connectivity index (χ4v) is 1.80. The molecule has 0 unspecified atom stereocenters. The summed E-state index contributed by atoms with van der Waals surface area (Å²) >= 11 is 5.69. The van der Waals surface area contributed by atoms with Crippen molar-refractivity contribution in [3.63, 3.8) is 0 Å². The Kier molecular flexibility index (Phi) is 6.67. The molecule has 0 aromatic carbocycles. The smallest absolute Gasteiger partial charge is 0.374 e. The third-order valence-electron chi connectivity index (χ3n) is 1.85. The largest absolute Gasteiger partial charge is 0.441 e. The lowest BCUT2D eigenvalue weighted by atomic mass is 10.5. The fourth-order valence-electron chi connectivity index (χ4n) is 1.16. The van der Waals surface area contributed by atoms with Crippen LogP contribution in [-0.4, -0.2) is 34.4 Å². The number of rotatable bonds is 7. The Labute approximate surface area is 118 Å². The van der Waals surface area contributed by atoms with Gasteiger partial charge in [-0.15, -0.1) is 0 Å². The second-order valence-corrected chi connectivity index (χ2v) is 4.90. The topological polar surface area (TPSA) is 47.0 Å². The van der Waals surface area contributed by atoms with Gasteiger partial charge in [0.25, 0.3) is 0 Å². The number of nitrogens with zero attached hydrogens (tertiary/aromatic N) is 2. The van der Waals surface area contributed by atoms with E-state index in [9.17, 15) is 13.2 Å². The van der Waals surface area contributed by atoms with Crippen LogP contribution in [0.4, 0.5) is 19.0 Å². The summed E-state index contributed by atoms with van der Waals surface area (Å²) in [7, 11) is 0. The van der Waals surface area contributed by atoms with Crippen LogP contribution < -0.4 is 5.32 Å². The second-order valence-electron chi connectivity index (χ2n) is 3.35. The number of halogens is 4. The minimum atomic E-state index is -4.22. The van der Waals surface area contributed by atoms with Crippen LogP contribution in [-0.2, 0) is 11.3 Å². The van der Waals surface area contributed by atoms with E-state index in [1.54, 1.807) is 0 Å². The maximum absolute atomic E-state index is 11.9. The Hall–Kier alpha value is -0.730. The first-order chi connectivity index (χ1) is 8.90. The van der Waals surface area contributed by atoms with Gasteiger partial charge < -0.3 is 10.1 Å². The van der Waals surface area contributed by atoms with Gasteiger partial charge in [-0.2, -0.15) is 13.2 Å². The molecule has 0 atom stereocenters. The predicted octanol–water partition coefficient (Wildman–Crippen LogP) is 3.33. The molecule has 1 aromatic rings. The number of nitrogens with one attached hydrogen (secondary N) is 1. The molecule has 0 amide bonds. The molecule has 1 aromatic heterocycles. The van der Waals surface area contributed by atoms with Crippen molar-refractivity contribution in [2.45, 2.75) is 19.0 Å². The lowest BCUT2D eigenvalue weighted by Gasteiger charge is -2.09. The van der Waals surface area contributed by atoms with E-state index in [0.717, 1.165) is 0 Å². The van der Waals surface area contributed by atoms with E-state index in [1.165, 1.54) is 6.07 Å². The van der Waals surface area contributed by atoms with E-state index >= 15 is 0 Å². The highest BCUT2D eigenvalue weighted by Gasteiger charge is 2.27. The van der Waals surface area contributed by atoms with Crippen molar-refractivity contribution in [2.75, 3.05) is 24.2 Å². The van der Waals surface area contributed by atoms with Gasteiger partial charge in [0, 0.05) is 25.0 Å². The van der Waals surface area contributed by atoms with Gasteiger partial charge in [-0.25, -0.2) is 9.97 Å². The molecule has 1 heterocycles. The van der Waals surface area contributed by atoms with Crippen molar-refractivity contribution in [2.24, 2.45) is 0 Å². The summed E-state index contributed by atoms with van der Waals surface area (Å²) in [5.41, 5.74) is -4.22. The molecular formula is C10H13ClF3N3OS. The van der Waals surface area contributed by atoms with Crippen LogP contribution in [0.15, 0.2) is 6.07 Å². The van der Waals surface area contributed by atoms with Crippen LogP contribution in [0, 0.1) is 0 Å². The molecule has 0 saturated heterocycles. The van der Waals surface area contributed by atoms with Gasteiger partial charge in [-0.05, 0) is 18.7 Å². The quantitative estimate of drug-likeness (QED) is 0.618. The highest BCUT2D eigenvalue weighted by molar-refractivity contribution is 8.00. The minimum absolute atomic E-state index is 0.0885. The summed E-state index contributed by atoms with van der Waals surface area (Å²) in [6, 6.07) is 1.45. The monoisotopic (exact) mass is 315 g/mol. The molecule has 0 radical (unpaired) electrons. The molecule has 0 aliphatic rings. The molecule has 19 heavy (non-hydrogen) atoms. The van der Waals surface area contributed by atoms with Crippen molar-refractivity contribution in [1.29, 1.82) is 0 Å². The fraction of sp³-hybridized carbons (Fsp3) is 0.600. The number of hydrogen-bond donors (Lipinski definition) is 1.